The molecular weight excluding hydrogens is 342 g/mol. The number of hydrogen-bond acceptors (Lipinski definition) is 6. The van der Waals surface area contributed by atoms with Crippen molar-refractivity contribution in [2.45, 2.75) is 6.92 Å². The van der Waals surface area contributed by atoms with E-state index in [1.807, 2.05) is 31.2 Å². The highest BCUT2D eigenvalue weighted by atomic mass is 35.5. The lowest BCUT2D eigenvalue weighted by atomic mass is 10.2. The number of nitrogens with one attached hydrogen (secondary N) is 2. The maximum Gasteiger partial charge on any atom is 0.353 e. The van der Waals surface area contributed by atoms with Crippen LogP contribution < -0.4 is 10.6 Å². The van der Waals surface area contributed by atoms with Gasteiger partial charge in [-0.1, -0.05) is 23.7 Å². The van der Waals surface area contributed by atoms with Gasteiger partial charge in [0.25, 0.3) is 0 Å². The van der Waals surface area contributed by atoms with Crippen molar-refractivity contribution in [2.75, 3.05) is 10.6 Å². The van der Waals surface area contributed by atoms with Crippen molar-refractivity contribution in [1.29, 1.82) is 0 Å². The number of hydrogen-bond donors (Lipinski definition) is 2. The summed E-state index contributed by atoms with van der Waals surface area (Å²) in [6.07, 6.45) is 1.27. The maximum atomic E-state index is 11.6. The number of rotatable bonds is 5. The normalized spacial score (nSPS) is 10.3. The van der Waals surface area contributed by atoms with Crippen molar-refractivity contribution >= 4 is 40.3 Å². The van der Waals surface area contributed by atoms with E-state index < -0.39 is 4.92 Å². The highest BCUT2D eigenvalue weighted by Gasteiger charge is 2.23. The Morgan fingerprint density at radius 3 is 2.24 bits per heavy atom. The average Bonchev–Trinajstić information content (AvgIpc) is 2.57. The second kappa shape index (κ2) is 7.14. The molecule has 3 aromatic rings. The Hall–Kier alpha value is -3.19. The predicted molar refractivity (Wildman–Crippen MR) is 97.9 cm³/mol. The Labute approximate surface area is 148 Å². The zero-order valence-electron chi connectivity index (χ0n) is 13.2. The number of halogens is 1. The molecule has 0 aliphatic rings. The van der Waals surface area contributed by atoms with Gasteiger partial charge in [0.15, 0.2) is 0 Å². The van der Waals surface area contributed by atoms with Crippen molar-refractivity contribution in [1.82, 2.24) is 9.97 Å². The molecule has 2 N–H and O–H groups in total. The molecule has 0 unspecified atom stereocenters. The average molecular weight is 356 g/mol. The van der Waals surface area contributed by atoms with Gasteiger partial charge in [-0.05, 0) is 48.9 Å². The maximum absolute atomic E-state index is 11.6. The van der Waals surface area contributed by atoms with Crippen molar-refractivity contribution in [2.24, 2.45) is 0 Å². The summed E-state index contributed by atoms with van der Waals surface area (Å²) in [6.45, 7) is 1.94. The van der Waals surface area contributed by atoms with Crippen LogP contribution in [0.25, 0.3) is 0 Å². The highest BCUT2D eigenvalue weighted by Crippen LogP contribution is 2.33. The van der Waals surface area contributed by atoms with Gasteiger partial charge < -0.3 is 10.6 Å². The SMILES string of the molecule is Cc1cccc(Nc2ncnc(Nc3ccc(Cl)cc3)c2[N+](=O)[O-])c1. The molecule has 8 heteroatoms. The van der Waals surface area contributed by atoms with Crippen LogP contribution in [0.1, 0.15) is 5.56 Å². The summed E-state index contributed by atoms with van der Waals surface area (Å²) in [5.74, 6) is 0.208. The summed E-state index contributed by atoms with van der Waals surface area (Å²) in [5, 5.41) is 18.0. The van der Waals surface area contributed by atoms with Gasteiger partial charge in [-0.3, -0.25) is 10.1 Å². The fourth-order valence-electron chi connectivity index (χ4n) is 2.26. The van der Waals surface area contributed by atoms with Crippen LogP contribution in [0.2, 0.25) is 5.02 Å². The van der Waals surface area contributed by atoms with E-state index in [4.69, 9.17) is 11.6 Å². The van der Waals surface area contributed by atoms with Crippen molar-refractivity contribution < 1.29 is 4.92 Å². The molecule has 0 saturated carbocycles. The number of aryl methyl sites for hydroxylation is 1. The van der Waals surface area contributed by atoms with Crippen LogP contribution in [0, 0.1) is 17.0 Å². The highest BCUT2D eigenvalue weighted by molar-refractivity contribution is 6.30. The number of aromatic nitrogens is 2. The largest absolute Gasteiger partial charge is 0.353 e. The Morgan fingerprint density at radius 1 is 1.00 bits per heavy atom. The standard InChI is InChI=1S/C17H14ClN5O2/c1-11-3-2-4-14(9-11)22-17-15(23(24)25)16(19-10-20-17)21-13-7-5-12(18)6-8-13/h2-10H,1H3,(H2,19,20,21,22). The van der Waals surface area contributed by atoms with E-state index in [1.54, 1.807) is 24.3 Å². The summed E-state index contributed by atoms with van der Waals surface area (Å²) < 4.78 is 0. The van der Waals surface area contributed by atoms with Crippen molar-refractivity contribution in [3.05, 3.63) is 75.6 Å². The van der Waals surface area contributed by atoms with Gasteiger partial charge in [-0.2, -0.15) is 0 Å². The monoisotopic (exact) mass is 355 g/mol. The summed E-state index contributed by atoms with van der Waals surface area (Å²) in [4.78, 5) is 19.1. The van der Waals surface area contributed by atoms with E-state index in [9.17, 15) is 10.1 Å². The third-order valence-electron chi connectivity index (χ3n) is 3.39. The molecule has 25 heavy (non-hydrogen) atoms. The minimum Gasteiger partial charge on any atom is -0.334 e. The van der Waals surface area contributed by atoms with Gasteiger partial charge in [0.1, 0.15) is 6.33 Å². The second-order valence-electron chi connectivity index (χ2n) is 5.30. The molecule has 0 atom stereocenters. The predicted octanol–water partition coefficient (Wildman–Crippen LogP) is 4.83. The first-order valence-electron chi connectivity index (χ1n) is 7.38. The van der Waals surface area contributed by atoms with Crippen LogP contribution in [-0.2, 0) is 0 Å². The van der Waals surface area contributed by atoms with Gasteiger partial charge in [0.05, 0.1) is 4.92 Å². The van der Waals surface area contributed by atoms with Crippen molar-refractivity contribution in [3.63, 3.8) is 0 Å². The lowest BCUT2D eigenvalue weighted by Crippen LogP contribution is -2.05. The van der Waals surface area contributed by atoms with Gasteiger partial charge in [0, 0.05) is 16.4 Å². The summed E-state index contributed by atoms with van der Waals surface area (Å²) >= 11 is 5.85. The van der Waals surface area contributed by atoms with Crippen LogP contribution in [0.15, 0.2) is 54.9 Å². The molecule has 2 aromatic carbocycles. The smallest absolute Gasteiger partial charge is 0.334 e. The van der Waals surface area contributed by atoms with E-state index in [0.29, 0.717) is 16.4 Å². The van der Waals surface area contributed by atoms with Crippen molar-refractivity contribution in [3.8, 4) is 0 Å². The Morgan fingerprint density at radius 2 is 1.64 bits per heavy atom. The first-order chi connectivity index (χ1) is 12.0. The number of anilines is 4. The molecule has 0 spiro atoms. The molecular formula is C17H14ClN5O2. The number of benzene rings is 2. The summed E-state index contributed by atoms with van der Waals surface area (Å²) in [6, 6.07) is 14.3. The summed E-state index contributed by atoms with van der Waals surface area (Å²) in [7, 11) is 0. The quantitative estimate of drug-likeness (QED) is 0.502. The molecule has 0 aliphatic carbocycles. The Balaban J connectivity index is 1.96. The minimum atomic E-state index is -0.517. The topological polar surface area (TPSA) is 93.0 Å². The van der Waals surface area contributed by atoms with E-state index in [0.717, 1.165) is 5.56 Å². The molecule has 0 fully saturated rings. The summed E-state index contributed by atoms with van der Waals surface area (Å²) in [5.41, 5.74) is 2.13. The van der Waals surface area contributed by atoms with Crippen LogP contribution in [0.5, 0.6) is 0 Å². The third-order valence-corrected chi connectivity index (χ3v) is 3.64. The fourth-order valence-corrected chi connectivity index (χ4v) is 2.39. The number of nitrogens with zero attached hydrogens (tertiary/aromatic N) is 3. The second-order valence-corrected chi connectivity index (χ2v) is 5.74. The lowest BCUT2D eigenvalue weighted by Gasteiger charge is -2.10. The number of nitro groups is 1. The fraction of sp³-hybridized carbons (Fsp3) is 0.0588. The van der Waals surface area contributed by atoms with Crippen LogP contribution in [-0.4, -0.2) is 14.9 Å². The Kier molecular flexibility index (Phi) is 4.76. The minimum absolute atomic E-state index is 0.0949. The van der Waals surface area contributed by atoms with E-state index in [1.165, 1.54) is 6.33 Å². The lowest BCUT2D eigenvalue weighted by molar-refractivity contribution is -0.383. The molecule has 1 heterocycles. The van der Waals surface area contributed by atoms with Crippen LogP contribution in [0.4, 0.5) is 28.7 Å². The van der Waals surface area contributed by atoms with Gasteiger partial charge in [-0.25, -0.2) is 9.97 Å². The van der Waals surface area contributed by atoms with Crippen LogP contribution in [0.3, 0.4) is 0 Å². The van der Waals surface area contributed by atoms with Gasteiger partial charge in [0.2, 0.25) is 11.6 Å². The molecule has 0 saturated heterocycles. The third kappa shape index (κ3) is 4.02. The zero-order valence-corrected chi connectivity index (χ0v) is 14.0. The molecule has 0 amide bonds. The van der Waals surface area contributed by atoms with Crippen LogP contribution >= 0.6 is 11.6 Å². The molecule has 126 valence electrons. The van der Waals surface area contributed by atoms with E-state index in [-0.39, 0.29) is 17.3 Å². The molecule has 3 rings (SSSR count). The zero-order chi connectivity index (χ0) is 17.8. The molecule has 0 radical (unpaired) electrons. The molecule has 7 nitrogen and oxygen atoms in total. The molecule has 0 aliphatic heterocycles. The van der Waals surface area contributed by atoms with Gasteiger partial charge in [-0.15, -0.1) is 0 Å². The van der Waals surface area contributed by atoms with Gasteiger partial charge >= 0.3 is 5.69 Å². The Bertz CT molecular complexity index is 915. The molecule has 1 aromatic heterocycles. The first-order valence-corrected chi connectivity index (χ1v) is 7.76. The first kappa shape index (κ1) is 16.7. The van der Waals surface area contributed by atoms with E-state index >= 15 is 0 Å². The van der Waals surface area contributed by atoms with E-state index in [2.05, 4.69) is 20.6 Å². The molecule has 0 bridgehead atoms.